The molecule has 6 heteroatoms. The van der Waals surface area contributed by atoms with Gasteiger partial charge in [0.1, 0.15) is 0 Å². The molecule has 0 saturated carbocycles. The fraction of sp³-hybridized carbons (Fsp3) is 0.133. The number of rotatable bonds is 4. The van der Waals surface area contributed by atoms with Gasteiger partial charge in [-0.3, -0.25) is 0 Å². The molecule has 3 N–H and O–H groups in total. The third kappa shape index (κ3) is 3.89. The summed E-state index contributed by atoms with van der Waals surface area (Å²) in [5.41, 5.74) is 8.31. The van der Waals surface area contributed by atoms with Crippen molar-refractivity contribution in [1.82, 2.24) is 0 Å². The lowest BCUT2D eigenvalue weighted by molar-refractivity contribution is 0.318. The molecule has 21 heavy (non-hydrogen) atoms. The van der Waals surface area contributed by atoms with Crippen LogP contribution in [0.15, 0.2) is 52.1 Å². The molecule has 0 bridgehead atoms. The Hall–Kier alpha value is -1.72. The number of nitrogens with two attached hydrogens (primary N) is 1. The summed E-state index contributed by atoms with van der Waals surface area (Å²) in [6, 6.07) is 13.4. The SMILES string of the molecule is CN(Cc1cccc(Br)c1)c1ccc(Cl)cc1C(N)=NO. The van der Waals surface area contributed by atoms with Crippen LogP contribution in [0.2, 0.25) is 5.02 Å². The van der Waals surface area contributed by atoms with Gasteiger partial charge in [0.2, 0.25) is 0 Å². The first-order chi connectivity index (χ1) is 10.0. The molecule has 0 spiro atoms. The Bertz CT molecular complexity index is 676. The molecule has 2 aromatic carbocycles. The number of halogens is 2. The average Bonchev–Trinajstić information content (AvgIpc) is 2.46. The molecule has 0 amide bonds. The Morgan fingerprint density at radius 2 is 2.10 bits per heavy atom. The molecule has 0 heterocycles. The van der Waals surface area contributed by atoms with Gasteiger partial charge in [-0.1, -0.05) is 44.8 Å². The lowest BCUT2D eigenvalue weighted by Crippen LogP contribution is -2.22. The zero-order valence-corrected chi connectivity index (χ0v) is 13.8. The minimum Gasteiger partial charge on any atom is -0.409 e. The van der Waals surface area contributed by atoms with Gasteiger partial charge in [-0.2, -0.15) is 0 Å². The predicted octanol–water partition coefficient (Wildman–Crippen LogP) is 3.83. The van der Waals surface area contributed by atoms with Gasteiger partial charge in [0.05, 0.1) is 0 Å². The first-order valence-corrected chi connectivity index (χ1v) is 7.41. The number of benzene rings is 2. The highest BCUT2D eigenvalue weighted by atomic mass is 79.9. The third-order valence-electron chi connectivity index (χ3n) is 3.06. The van der Waals surface area contributed by atoms with Gasteiger partial charge in [0.25, 0.3) is 0 Å². The molecule has 0 aliphatic rings. The van der Waals surface area contributed by atoms with Crippen molar-refractivity contribution in [3.63, 3.8) is 0 Å². The monoisotopic (exact) mass is 367 g/mol. The van der Waals surface area contributed by atoms with Crippen LogP contribution in [0.25, 0.3) is 0 Å². The van der Waals surface area contributed by atoms with Crippen LogP contribution in [0.4, 0.5) is 5.69 Å². The van der Waals surface area contributed by atoms with Crippen LogP contribution in [0.3, 0.4) is 0 Å². The molecule has 2 aromatic rings. The molecule has 0 unspecified atom stereocenters. The number of anilines is 1. The van der Waals surface area contributed by atoms with E-state index in [0.29, 0.717) is 17.1 Å². The number of hydrogen-bond donors (Lipinski definition) is 2. The Kier molecular flexibility index (Phi) is 5.09. The number of hydrogen-bond acceptors (Lipinski definition) is 3. The van der Waals surface area contributed by atoms with Gasteiger partial charge >= 0.3 is 0 Å². The van der Waals surface area contributed by atoms with Gasteiger partial charge in [0.15, 0.2) is 5.84 Å². The first-order valence-electron chi connectivity index (χ1n) is 6.24. The zero-order valence-electron chi connectivity index (χ0n) is 11.4. The summed E-state index contributed by atoms with van der Waals surface area (Å²) in [6.45, 7) is 0.687. The van der Waals surface area contributed by atoms with Crippen molar-refractivity contribution in [2.24, 2.45) is 10.9 Å². The molecule has 0 atom stereocenters. The van der Waals surface area contributed by atoms with Crippen molar-refractivity contribution >= 4 is 39.1 Å². The highest BCUT2D eigenvalue weighted by Gasteiger charge is 2.12. The Balaban J connectivity index is 2.33. The molecule has 0 radical (unpaired) electrons. The summed E-state index contributed by atoms with van der Waals surface area (Å²) in [5.74, 6) is 0.0357. The minimum absolute atomic E-state index is 0.0357. The van der Waals surface area contributed by atoms with Crippen molar-refractivity contribution in [1.29, 1.82) is 0 Å². The van der Waals surface area contributed by atoms with E-state index in [9.17, 15) is 0 Å². The van der Waals surface area contributed by atoms with Crippen LogP contribution >= 0.6 is 27.5 Å². The molecule has 0 aliphatic carbocycles. The van der Waals surface area contributed by atoms with Gasteiger partial charge in [0, 0.05) is 34.3 Å². The second-order valence-electron chi connectivity index (χ2n) is 4.63. The van der Waals surface area contributed by atoms with Crippen molar-refractivity contribution < 1.29 is 5.21 Å². The maximum absolute atomic E-state index is 8.91. The standard InChI is InChI=1S/C15H15BrClN3O/c1-20(9-10-3-2-4-11(16)7-10)14-6-5-12(17)8-13(14)15(18)19-21/h2-8,21H,9H2,1H3,(H2,18,19). The van der Waals surface area contributed by atoms with E-state index in [1.807, 2.05) is 36.2 Å². The fourth-order valence-corrected chi connectivity index (χ4v) is 2.71. The summed E-state index contributed by atoms with van der Waals surface area (Å²) >= 11 is 9.45. The molecule has 0 aliphatic heterocycles. The van der Waals surface area contributed by atoms with E-state index in [0.717, 1.165) is 15.7 Å². The van der Waals surface area contributed by atoms with Crippen molar-refractivity contribution in [2.45, 2.75) is 6.54 Å². The minimum atomic E-state index is 0.0357. The Morgan fingerprint density at radius 1 is 1.33 bits per heavy atom. The van der Waals surface area contributed by atoms with E-state index in [4.69, 9.17) is 22.5 Å². The quantitative estimate of drug-likeness (QED) is 0.373. The van der Waals surface area contributed by atoms with Crippen LogP contribution in [0.1, 0.15) is 11.1 Å². The van der Waals surface area contributed by atoms with E-state index < -0.39 is 0 Å². The lowest BCUT2D eigenvalue weighted by atomic mass is 10.1. The highest BCUT2D eigenvalue weighted by Crippen LogP contribution is 2.25. The van der Waals surface area contributed by atoms with E-state index in [1.165, 1.54) is 0 Å². The lowest BCUT2D eigenvalue weighted by Gasteiger charge is -2.22. The third-order valence-corrected chi connectivity index (χ3v) is 3.79. The molecular weight excluding hydrogens is 354 g/mol. The molecule has 0 fully saturated rings. The average molecular weight is 369 g/mol. The summed E-state index contributed by atoms with van der Waals surface area (Å²) in [7, 11) is 1.94. The maximum Gasteiger partial charge on any atom is 0.172 e. The molecule has 110 valence electrons. The van der Waals surface area contributed by atoms with Crippen LogP contribution in [-0.2, 0) is 6.54 Å². The highest BCUT2D eigenvalue weighted by molar-refractivity contribution is 9.10. The topological polar surface area (TPSA) is 61.8 Å². The first kappa shape index (κ1) is 15.7. The molecule has 2 rings (SSSR count). The zero-order chi connectivity index (χ0) is 15.4. The van der Waals surface area contributed by atoms with Crippen LogP contribution in [0.5, 0.6) is 0 Å². The Labute approximate surface area is 136 Å². The molecule has 0 aromatic heterocycles. The summed E-state index contributed by atoms with van der Waals surface area (Å²) in [5, 5.41) is 12.5. The normalized spacial score (nSPS) is 11.5. The van der Waals surface area contributed by atoms with E-state index in [-0.39, 0.29) is 5.84 Å². The van der Waals surface area contributed by atoms with Gasteiger partial charge < -0.3 is 15.8 Å². The van der Waals surface area contributed by atoms with Crippen molar-refractivity contribution in [3.05, 3.63) is 63.1 Å². The second kappa shape index (κ2) is 6.83. The van der Waals surface area contributed by atoms with Crippen LogP contribution < -0.4 is 10.6 Å². The molecule has 4 nitrogen and oxygen atoms in total. The number of nitrogens with zero attached hydrogens (tertiary/aromatic N) is 2. The fourth-order valence-electron chi connectivity index (χ4n) is 2.09. The number of amidine groups is 1. The predicted molar refractivity (Wildman–Crippen MR) is 90.2 cm³/mol. The van der Waals surface area contributed by atoms with Gasteiger partial charge in [-0.25, -0.2) is 0 Å². The smallest absolute Gasteiger partial charge is 0.172 e. The summed E-state index contributed by atoms with van der Waals surface area (Å²) in [4.78, 5) is 2.02. The largest absolute Gasteiger partial charge is 0.409 e. The second-order valence-corrected chi connectivity index (χ2v) is 5.98. The van der Waals surface area contributed by atoms with Gasteiger partial charge in [-0.05, 0) is 35.9 Å². The van der Waals surface area contributed by atoms with E-state index >= 15 is 0 Å². The van der Waals surface area contributed by atoms with E-state index in [2.05, 4.69) is 27.2 Å². The van der Waals surface area contributed by atoms with E-state index in [1.54, 1.807) is 12.1 Å². The summed E-state index contributed by atoms with van der Waals surface area (Å²) < 4.78 is 1.03. The van der Waals surface area contributed by atoms with Crippen molar-refractivity contribution in [3.8, 4) is 0 Å². The van der Waals surface area contributed by atoms with Gasteiger partial charge in [-0.15, -0.1) is 0 Å². The number of oxime groups is 1. The summed E-state index contributed by atoms with van der Waals surface area (Å²) in [6.07, 6.45) is 0. The molecule has 0 saturated heterocycles. The van der Waals surface area contributed by atoms with Crippen LogP contribution in [-0.4, -0.2) is 18.1 Å². The molecular formula is C15H15BrClN3O. The maximum atomic E-state index is 8.91. The van der Waals surface area contributed by atoms with Crippen molar-refractivity contribution in [2.75, 3.05) is 11.9 Å². The van der Waals surface area contributed by atoms with Crippen LogP contribution in [0, 0.1) is 0 Å². The Morgan fingerprint density at radius 3 is 2.76 bits per heavy atom.